The van der Waals surface area contributed by atoms with Gasteiger partial charge in [-0.1, -0.05) is 13.3 Å². The highest BCUT2D eigenvalue weighted by Gasteiger charge is 2.36. The SMILES string of the molecule is CCCC1COB(c2cc(F)c(OC(F)(F)F)c(F)c2)OC1. The molecular formula is C13H14BF5O3. The summed E-state index contributed by atoms with van der Waals surface area (Å²) in [5.74, 6) is -4.22. The van der Waals surface area contributed by atoms with E-state index >= 15 is 0 Å². The molecule has 0 atom stereocenters. The quantitative estimate of drug-likeness (QED) is 0.629. The Balaban J connectivity index is 2.11. The molecule has 0 amide bonds. The lowest BCUT2D eigenvalue weighted by Crippen LogP contribution is -2.44. The molecule has 0 aliphatic carbocycles. The van der Waals surface area contributed by atoms with E-state index in [4.69, 9.17) is 9.31 Å². The molecule has 1 heterocycles. The van der Waals surface area contributed by atoms with E-state index in [1.165, 1.54) is 0 Å². The molecule has 22 heavy (non-hydrogen) atoms. The van der Waals surface area contributed by atoms with Crippen LogP contribution in [0.3, 0.4) is 0 Å². The van der Waals surface area contributed by atoms with Gasteiger partial charge in [0.1, 0.15) is 0 Å². The van der Waals surface area contributed by atoms with Gasteiger partial charge in [-0.25, -0.2) is 8.78 Å². The first-order valence-corrected chi connectivity index (χ1v) is 6.78. The highest BCUT2D eigenvalue weighted by atomic mass is 19.4. The lowest BCUT2D eigenvalue weighted by Gasteiger charge is -2.27. The van der Waals surface area contributed by atoms with Crippen LogP contribution in [0.25, 0.3) is 0 Å². The van der Waals surface area contributed by atoms with Gasteiger partial charge < -0.3 is 14.0 Å². The Hall–Kier alpha value is -1.35. The standard InChI is InChI=1S/C13H14BF5O3/c1-2-3-8-6-20-14(21-7-8)9-4-10(15)12(11(16)5-9)22-13(17,18)19/h4-5,8H,2-3,6-7H2,1H3. The highest BCUT2D eigenvalue weighted by molar-refractivity contribution is 6.61. The number of rotatable bonds is 4. The van der Waals surface area contributed by atoms with Crippen molar-refractivity contribution in [3.05, 3.63) is 23.8 Å². The van der Waals surface area contributed by atoms with Crippen LogP contribution in [-0.2, 0) is 9.31 Å². The summed E-state index contributed by atoms with van der Waals surface area (Å²) in [5, 5.41) is 0. The van der Waals surface area contributed by atoms with Gasteiger partial charge in [-0.3, -0.25) is 0 Å². The molecule has 1 saturated heterocycles. The van der Waals surface area contributed by atoms with Crippen LogP contribution in [0.15, 0.2) is 12.1 Å². The largest absolute Gasteiger partial charge is 0.573 e. The van der Waals surface area contributed by atoms with Crippen molar-refractivity contribution in [3.63, 3.8) is 0 Å². The van der Waals surface area contributed by atoms with Crippen molar-refractivity contribution in [2.45, 2.75) is 26.1 Å². The molecule has 9 heteroatoms. The molecule has 0 N–H and O–H groups in total. The number of hydrogen-bond acceptors (Lipinski definition) is 3. The first kappa shape index (κ1) is 17.0. The Labute approximate surface area is 124 Å². The number of alkyl halides is 3. The Morgan fingerprint density at radius 3 is 2.18 bits per heavy atom. The van der Waals surface area contributed by atoms with Gasteiger partial charge in [-0.15, -0.1) is 13.2 Å². The zero-order valence-corrected chi connectivity index (χ0v) is 11.8. The maximum atomic E-state index is 13.6. The molecule has 0 bridgehead atoms. The van der Waals surface area contributed by atoms with Crippen LogP contribution >= 0.6 is 0 Å². The summed E-state index contributed by atoms with van der Waals surface area (Å²) in [6, 6.07) is 1.43. The lowest BCUT2D eigenvalue weighted by atomic mass is 9.77. The van der Waals surface area contributed by atoms with E-state index in [1.807, 2.05) is 6.92 Å². The van der Waals surface area contributed by atoms with E-state index in [0.29, 0.717) is 13.2 Å². The number of hydrogen-bond donors (Lipinski definition) is 0. The minimum absolute atomic E-state index is 0.0283. The number of halogens is 5. The van der Waals surface area contributed by atoms with Crippen molar-refractivity contribution in [1.29, 1.82) is 0 Å². The predicted octanol–water partition coefficient (Wildman–Crippen LogP) is 3.02. The fourth-order valence-corrected chi connectivity index (χ4v) is 2.24. The van der Waals surface area contributed by atoms with Crippen molar-refractivity contribution in [3.8, 4) is 5.75 Å². The van der Waals surface area contributed by atoms with Crippen LogP contribution in [0.5, 0.6) is 5.75 Å². The molecule has 1 fully saturated rings. The minimum Gasteiger partial charge on any atom is -0.407 e. The van der Waals surface area contributed by atoms with Gasteiger partial charge in [0.15, 0.2) is 11.6 Å². The zero-order chi connectivity index (χ0) is 16.3. The van der Waals surface area contributed by atoms with Gasteiger partial charge in [0.05, 0.1) is 0 Å². The third kappa shape index (κ3) is 4.33. The molecule has 0 aromatic heterocycles. The van der Waals surface area contributed by atoms with Crippen LogP contribution in [0, 0.1) is 17.6 Å². The predicted molar refractivity (Wildman–Crippen MR) is 68.7 cm³/mol. The zero-order valence-electron chi connectivity index (χ0n) is 11.8. The van der Waals surface area contributed by atoms with E-state index in [0.717, 1.165) is 25.0 Å². The van der Waals surface area contributed by atoms with E-state index < -0.39 is 30.9 Å². The molecule has 1 aromatic rings. The number of benzene rings is 1. The summed E-state index contributed by atoms with van der Waals surface area (Å²) in [6.45, 7) is 2.74. The van der Waals surface area contributed by atoms with Gasteiger partial charge in [0.25, 0.3) is 0 Å². The lowest BCUT2D eigenvalue weighted by molar-refractivity contribution is -0.276. The number of ether oxygens (including phenoxy) is 1. The van der Waals surface area contributed by atoms with Crippen LogP contribution in [0.2, 0.25) is 0 Å². The molecule has 0 radical (unpaired) electrons. The summed E-state index contributed by atoms with van der Waals surface area (Å²) < 4.78 is 77.5. The van der Waals surface area contributed by atoms with Gasteiger partial charge in [-0.05, 0) is 24.0 Å². The van der Waals surface area contributed by atoms with Gasteiger partial charge in [0.2, 0.25) is 5.75 Å². The topological polar surface area (TPSA) is 27.7 Å². The van der Waals surface area contributed by atoms with Gasteiger partial charge in [-0.2, -0.15) is 0 Å². The van der Waals surface area contributed by atoms with Crippen molar-refractivity contribution in [2.24, 2.45) is 5.92 Å². The molecule has 1 aliphatic rings. The molecule has 3 nitrogen and oxygen atoms in total. The van der Waals surface area contributed by atoms with Crippen LogP contribution in [0.1, 0.15) is 19.8 Å². The molecule has 122 valence electrons. The summed E-state index contributed by atoms with van der Waals surface area (Å²) in [5.41, 5.74) is -0.0283. The van der Waals surface area contributed by atoms with Gasteiger partial charge >= 0.3 is 13.5 Å². The normalized spacial score (nSPS) is 16.9. The first-order chi connectivity index (χ1) is 10.3. The second-order valence-electron chi connectivity index (χ2n) is 5.01. The maximum Gasteiger partial charge on any atom is 0.573 e. The Kier molecular flexibility index (Phi) is 5.28. The third-order valence-electron chi connectivity index (χ3n) is 3.17. The first-order valence-electron chi connectivity index (χ1n) is 6.78. The summed E-state index contributed by atoms with van der Waals surface area (Å²) in [7, 11) is -1.00. The van der Waals surface area contributed by atoms with Crippen LogP contribution in [-0.4, -0.2) is 26.7 Å². The average Bonchev–Trinajstić information content (AvgIpc) is 2.43. The van der Waals surface area contributed by atoms with E-state index in [2.05, 4.69) is 4.74 Å². The van der Waals surface area contributed by atoms with Crippen molar-refractivity contribution >= 4 is 12.6 Å². The second-order valence-corrected chi connectivity index (χ2v) is 5.01. The van der Waals surface area contributed by atoms with Crippen molar-refractivity contribution < 1.29 is 36.0 Å². The van der Waals surface area contributed by atoms with Crippen LogP contribution in [0.4, 0.5) is 22.0 Å². The fraction of sp³-hybridized carbons (Fsp3) is 0.538. The molecule has 1 aliphatic heterocycles. The second kappa shape index (κ2) is 6.83. The molecule has 1 aromatic carbocycles. The van der Waals surface area contributed by atoms with Crippen molar-refractivity contribution in [1.82, 2.24) is 0 Å². The third-order valence-corrected chi connectivity index (χ3v) is 3.17. The van der Waals surface area contributed by atoms with Crippen LogP contribution < -0.4 is 10.2 Å². The van der Waals surface area contributed by atoms with Gasteiger partial charge in [0, 0.05) is 19.1 Å². The highest BCUT2D eigenvalue weighted by Crippen LogP contribution is 2.28. The van der Waals surface area contributed by atoms with E-state index in [-0.39, 0.29) is 11.4 Å². The molecule has 2 rings (SSSR count). The molecule has 0 spiro atoms. The molecular weight excluding hydrogens is 310 g/mol. The maximum absolute atomic E-state index is 13.6. The summed E-state index contributed by atoms with van der Waals surface area (Å²) in [6.07, 6.45) is -3.32. The fourth-order valence-electron chi connectivity index (χ4n) is 2.24. The minimum atomic E-state index is -5.17. The van der Waals surface area contributed by atoms with Crippen molar-refractivity contribution in [2.75, 3.05) is 13.2 Å². The monoisotopic (exact) mass is 324 g/mol. The van der Waals surface area contributed by atoms with E-state index in [9.17, 15) is 22.0 Å². The Bertz CT molecular complexity index is 492. The Morgan fingerprint density at radius 1 is 1.18 bits per heavy atom. The summed E-state index contributed by atoms with van der Waals surface area (Å²) in [4.78, 5) is 0. The average molecular weight is 324 g/mol. The smallest absolute Gasteiger partial charge is 0.407 e. The molecule has 0 unspecified atom stereocenters. The molecule has 0 saturated carbocycles. The van der Waals surface area contributed by atoms with E-state index in [1.54, 1.807) is 0 Å². The summed E-state index contributed by atoms with van der Waals surface area (Å²) >= 11 is 0. The Morgan fingerprint density at radius 2 is 1.73 bits per heavy atom.